The molecule has 0 radical (unpaired) electrons. The fourth-order valence-electron chi connectivity index (χ4n) is 1.08. The van der Waals surface area contributed by atoms with Gasteiger partial charge in [0.2, 0.25) is 0 Å². The summed E-state index contributed by atoms with van der Waals surface area (Å²) in [6.45, 7) is 1.06. The highest BCUT2D eigenvalue weighted by Gasteiger charge is 1.99. The Kier molecular flexibility index (Phi) is 5.37. The van der Waals surface area contributed by atoms with Crippen LogP contribution in [0.5, 0.6) is 0 Å². The van der Waals surface area contributed by atoms with Crippen molar-refractivity contribution in [2.24, 2.45) is 0 Å². The minimum absolute atomic E-state index is 0.855. The molecule has 3 N–H and O–H groups in total. The zero-order valence-corrected chi connectivity index (χ0v) is 10.6. The predicted octanol–water partition coefficient (Wildman–Crippen LogP) is 2.73. The Morgan fingerprint density at radius 1 is 1.50 bits per heavy atom. The molecule has 0 saturated carbocycles. The first-order valence-corrected chi connectivity index (χ1v) is 6.34. The third-order valence-electron chi connectivity index (χ3n) is 1.80. The van der Waals surface area contributed by atoms with Crippen LogP contribution in [-0.4, -0.2) is 19.3 Å². The Morgan fingerprint density at radius 2 is 2.29 bits per heavy atom. The highest BCUT2D eigenvalue weighted by atomic mass is 79.9. The van der Waals surface area contributed by atoms with E-state index < -0.39 is 0 Å². The lowest BCUT2D eigenvalue weighted by molar-refractivity contribution is 0.778. The van der Waals surface area contributed by atoms with Gasteiger partial charge in [-0.15, -0.1) is 11.8 Å². The number of anilines is 1. The van der Waals surface area contributed by atoms with Gasteiger partial charge >= 0.3 is 0 Å². The maximum atomic E-state index is 5.87. The molecule has 0 fully saturated rings. The van der Waals surface area contributed by atoms with Gasteiger partial charge in [-0.05, 0) is 44.0 Å². The highest BCUT2D eigenvalue weighted by Crippen LogP contribution is 2.27. The molecule has 1 aromatic carbocycles. The monoisotopic (exact) mass is 274 g/mol. The van der Waals surface area contributed by atoms with E-state index in [1.165, 1.54) is 4.90 Å². The molecular formula is C10H15BrN2S. The lowest BCUT2D eigenvalue weighted by atomic mass is 10.3. The van der Waals surface area contributed by atoms with Crippen LogP contribution in [-0.2, 0) is 0 Å². The minimum Gasteiger partial charge on any atom is -0.398 e. The topological polar surface area (TPSA) is 38.0 Å². The number of halogens is 1. The largest absolute Gasteiger partial charge is 0.398 e. The smallest absolute Gasteiger partial charge is 0.0463 e. The molecule has 0 aliphatic heterocycles. The van der Waals surface area contributed by atoms with Gasteiger partial charge in [0.25, 0.3) is 0 Å². The van der Waals surface area contributed by atoms with E-state index in [1.54, 1.807) is 0 Å². The molecule has 4 heteroatoms. The molecule has 78 valence electrons. The summed E-state index contributed by atoms with van der Waals surface area (Å²) in [5.41, 5.74) is 6.73. The fourth-order valence-corrected chi connectivity index (χ4v) is 2.36. The zero-order chi connectivity index (χ0) is 10.4. The SMILES string of the molecule is CNCCCSc1ccc(Br)cc1N. The van der Waals surface area contributed by atoms with Crippen LogP contribution in [0.15, 0.2) is 27.6 Å². The van der Waals surface area contributed by atoms with Crippen molar-refractivity contribution in [1.29, 1.82) is 0 Å². The van der Waals surface area contributed by atoms with Gasteiger partial charge in [0.1, 0.15) is 0 Å². The molecule has 0 bridgehead atoms. The molecule has 0 aliphatic rings. The molecule has 14 heavy (non-hydrogen) atoms. The Hall–Kier alpha value is -0.190. The maximum absolute atomic E-state index is 5.87. The van der Waals surface area contributed by atoms with Crippen LogP contribution in [0, 0.1) is 0 Å². The first-order valence-electron chi connectivity index (χ1n) is 4.56. The van der Waals surface area contributed by atoms with E-state index in [4.69, 9.17) is 5.73 Å². The number of benzene rings is 1. The standard InChI is InChI=1S/C10H15BrN2S/c1-13-5-2-6-14-10-4-3-8(11)7-9(10)12/h3-4,7,13H,2,5-6,12H2,1H3. The van der Waals surface area contributed by atoms with E-state index in [9.17, 15) is 0 Å². The lowest BCUT2D eigenvalue weighted by Crippen LogP contribution is -2.08. The summed E-state index contributed by atoms with van der Waals surface area (Å²) in [6, 6.07) is 6.03. The summed E-state index contributed by atoms with van der Waals surface area (Å²) >= 11 is 5.20. The van der Waals surface area contributed by atoms with E-state index in [0.717, 1.165) is 28.9 Å². The van der Waals surface area contributed by atoms with Crippen molar-refractivity contribution < 1.29 is 0 Å². The summed E-state index contributed by atoms with van der Waals surface area (Å²) in [6.07, 6.45) is 1.16. The Bertz CT molecular complexity index is 291. The van der Waals surface area contributed by atoms with Gasteiger partial charge < -0.3 is 11.1 Å². The molecule has 0 aromatic heterocycles. The first-order chi connectivity index (χ1) is 6.74. The second kappa shape index (κ2) is 6.32. The number of nitrogen functional groups attached to an aromatic ring is 1. The summed E-state index contributed by atoms with van der Waals surface area (Å²) in [5, 5.41) is 3.13. The van der Waals surface area contributed by atoms with Gasteiger partial charge in [0.05, 0.1) is 0 Å². The molecule has 0 heterocycles. The summed E-state index contributed by atoms with van der Waals surface area (Å²) < 4.78 is 1.04. The van der Waals surface area contributed by atoms with Crippen LogP contribution in [0.1, 0.15) is 6.42 Å². The van der Waals surface area contributed by atoms with Gasteiger partial charge in [0, 0.05) is 15.1 Å². The number of rotatable bonds is 5. The Morgan fingerprint density at radius 3 is 2.93 bits per heavy atom. The van der Waals surface area contributed by atoms with Crippen LogP contribution < -0.4 is 11.1 Å². The van der Waals surface area contributed by atoms with Crippen molar-refractivity contribution >= 4 is 33.4 Å². The number of nitrogens with one attached hydrogen (secondary N) is 1. The van der Waals surface area contributed by atoms with Gasteiger partial charge in [-0.3, -0.25) is 0 Å². The minimum atomic E-state index is 0.855. The summed E-state index contributed by atoms with van der Waals surface area (Å²) in [7, 11) is 1.97. The zero-order valence-electron chi connectivity index (χ0n) is 8.22. The fraction of sp³-hybridized carbons (Fsp3) is 0.400. The van der Waals surface area contributed by atoms with E-state index in [1.807, 2.05) is 30.9 Å². The second-order valence-corrected chi connectivity index (χ2v) is 5.04. The van der Waals surface area contributed by atoms with E-state index >= 15 is 0 Å². The molecule has 0 spiro atoms. The molecule has 0 saturated heterocycles. The van der Waals surface area contributed by atoms with Crippen molar-refractivity contribution in [2.75, 3.05) is 25.1 Å². The van der Waals surface area contributed by atoms with Gasteiger partial charge in [-0.1, -0.05) is 15.9 Å². The van der Waals surface area contributed by atoms with E-state index in [-0.39, 0.29) is 0 Å². The molecule has 2 nitrogen and oxygen atoms in total. The third kappa shape index (κ3) is 3.90. The molecule has 0 atom stereocenters. The number of hydrogen-bond acceptors (Lipinski definition) is 3. The molecule has 1 rings (SSSR count). The Balaban J connectivity index is 2.42. The lowest BCUT2D eigenvalue weighted by Gasteiger charge is -2.05. The van der Waals surface area contributed by atoms with Crippen molar-refractivity contribution in [3.8, 4) is 0 Å². The highest BCUT2D eigenvalue weighted by molar-refractivity contribution is 9.10. The van der Waals surface area contributed by atoms with Crippen molar-refractivity contribution in [1.82, 2.24) is 5.32 Å². The van der Waals surface area contributed by atoms with E-state index in [0.29, 0.717) is 0 Å². The number of nitrogens with two attached hydrogens (primary N) is 1. The van der Waals surface area contributed by atoms with Crippen molar-refractivity contribution in [3.63, 3.8) is 0 Å². The van der Waals surface area contributed by atoms with E-state index in [2.05, 4.69) is 27.3 Å². The molecular weight excluding hydrogens is 260 g/mol. The average molecular weight is 275 g/mol. The number of hydrogen-bond donors (Lipinski definition) is 2. The molecule has 1 aromatic rings. The molecule has 0 unspecified atom stereocenters. The van der Waals surface area contributed by atoms with Gasteiger partial charge in [-0.2, -0.15) is 0 Å². The first kappa shape index (κ1) is 11.9. The van der Waals surface area contributed by atoms with Crippen molar-refractivity contribution in [3.05, 3.63) is 22.7 Å². The number of thioether (sulfide) groups is 1. The predicted molar refractivity (Wildman–Crippen MR) is 67.8 cm³/mol. The van der Waals surface area contributed by atoms with Crippen LogP contribution in [0.25, 0.3) is 0 Å². The molecule has 0 amide bonds. The van der Waals surface area contributed by atoms with Gasteiger partial charge in [-0.25, -0.2) is 0 Å². The molecule has 0 aliphatic carbocycles. The maximum Gasteiger partial charge on any atom is 0.0463 e. The summed E-state index contributed by atoms with van der Waals surface area (Å²) in [5.74, 6) is 1.10. The van der Waals surface area contributed by atoms with Crippen molar-refractivity contribution in [2.45, 2.75) is 11.3 Å². The van der Waals surface area contributed by atoms with Crippen LogP contribution in [0.2, 0.25) is 0 Å². The van der Waals surface area contributed by atoms with Crippen LogP contribution in [0.4, 0.5) is 5.69 Å². The average Bonchev–Trinajstić information content (AvgIpc) is 2.15. The Labute approximate surface area is 97.8 Å². The van der Waals surface area contributed by atoms with Gasteiger partial charge in [0.15, 0.2) is 0 Å². The van der Waals surface area contributed by atoms with Crippen LogP contribution in [0.3, 0.4) is 0 Å². The summed E-state index contributed by atoms with van der Waals surface area (Å²) in [4.78, 5) is 1.17. The third-order valence-corrected chi connectivity index (χ3v) is 3.47. The quantitative estimate of drug-likeness (QED) is 0.493. The van der Waals surface area contributed by atoms with Crippen LogP contribution >= 0.6 is 27.7 Å². The second-order valence-electron chi connectivity index (χ2n) is 2.99. The normalized spacial score (nSPS) is 10.4.